The highest BCUT2D eigenvalue weighted by molar-refractivity contribution is 6.05. The van der Waals surface area contributed by atoms with Crippen molar-refractivity contribution in [3.05, 3.63) is 23.5 Å². The molecule has 1 unspecified atom stereocenters. The Bertz CT molecular complexity index is 719. The van der Waals surface area contributed by atoms with Gasteiger partial charge in [-0.2, -0.15) is 5.10 Å². The number of aromatic nitrogens is 3. The van der Waals surface area contributed by atoms with Crippen LogP contribution in [0.25, 0.3) is 11.0 Å². The number of nitrogens with zero attached hydrogens (tertiary/aromatic N) is 4. The van der Waals surface area contributed by atoms with Gasteiger partial charge < -0.3 is 10.0 Å². The van der Waals surface area contributed by atoms with E-state index in [1.807, 2.05) is 24.6 Å². The number of carbonyl (C=O) groups excluding carboxylic acids is 1. The summed E-state index contributed by atoms with van der Waals surface area (Å²) in [6.07, 6.45) is 1.86. The zero-order valence-electron chi connectivity index (χ0n) is 15.4. The Hall–Kier alpha value is -1.95. The van der Waals surface area contributed by atoms with Gasteiger partial charge in [0.25, 0.3) is 5.91 Å². The third-order valence-corrected chi connectivity index (χ3v) is 4.13. The van der Waals surface area contributed by atoms with Crippen LogP contribution in [-0.4, -0.2) is 50.4 Å². The minimum Gasteiger partial charge on any atom is -0.393 e. The number of carbonyl (C=O) groups is 1. The SMILES string of the molecule is CC(O)CCN(C)C(=O)c1cc(C(C)C)nc2c1cnn2C(C)C. The third-order valence-electron chi connectivity index (χ3n) is 4.13. The maximum Gasteiger partial charge on any atom is 0.254 e. The number of aliphatic hydroxyl groups excluding tert-OH is 1. The van der Waals surface area contributed by atoms with Crippen LogP contribution in [0.2, 0.25) is 0 Å². The van der Waals surface area contributed by atoms with Crippen molar-refractivity contribution >= 4 is 16.9 Å². The highest BCUT2D eigenvalue weighted by Gasteiger charge is 2.21. The summed E-state index contributed by atoms with van der Waals surface area (Å²) < 4.78 is 1.85. The van der Waals surface area contributed by atoms with Crippen molar-refractivity contribution in [3.63, 3.8) is 0 Å². The summed E-state index contributed by atoms with van der Waals surface area (Å²) in [6.45, 7) is 10.5. The maximum atomic E-state index is 12.9. The highest BCUT2D eigenvalue weighted by Crippen LogP contribution is 2.25. The first-order chi connectivity index (χ1) is 11.2. The lowest BCUT2D eigenvalue weighted by Crippen LogP contribution is -2.29. The molecule has 0 aromatic carbocycles. The van der Waals surface area contributed by atoms with Gasteiger partial charge in [0, 0.05) is 25.3 Å². The van der Waals surface area contributed by atoms with Crippen LogP contribution < -0.4 is 0 Å². The summed E-state index contributed by atoms with van der Waals surface area (Å²) in [5.74, 6) is 0.160. The van der Waals surface area contributed by atoms with E-state index in [0.717, 1.165) is 16.7 Å². The summed E-state index contributed by atoms with van der Waals surface area (Å²) in [5, 5.41) is 14.6. The zero-order valence-corrected chi connectivity index (χ0v) is 15.4. The minimum atomic E-state index is -0.423. The molecule has 0 aliphatic heterocycles. The average molecular weight is 332 g/mol. The predicted molar refractivity (Wildman–Crippen MR) is 95.3 cm³/mol. The second-order valence-corrected chi connectivity index (χ2v) is 7.03. The lowest BCUT2D eigenvalue weighted by atomic mass is 10.0. The number of rotatable bonds is 6. The lowest BCUT2D eigenvalue weighted by Gasteiger charge is -2.19. The first kappa shape index (κ1) is 18.4. The van der Waals surface area contributed by atoms with E-state index in [9.17, 15) is 9.90 Å². The Labute approximate surface area is 143 Å². The maximum absolute atomic E-state index is 12.9. The van der Waals surface area contributed by atoms with Crippen LogP contribution >= 0.6 is 0 Å². The Morgan fingerprint density at radius 3 is 2.50 bits per heavy atom. The van der Waals surface area contributed by atoms with Gasteiger partial charge in [-0.15, -0.1) is 0 Å². The molecule has 0 saturated heterocycles. The fourth-order valence-corrected chi connectivity index (χ4v) is 2.58. The van der Waals surface area contributed by atoms with Gasteiger partial charge in [-0.3, -0.25) is 4.79 Å². The number of amides is 1. The van der Waals surface area contributed by atoms with Crippen molar-refractivity contribution in [2.24, 2.45) is 0 Å². The molecule has 0 fully saturated rings. The Morgan fingerprint density at radius 2 is 1.96 bits per heavy atom. The molecule has 0 spiro atoms. The van der Waals surface area contributed by atoms with Crippen LogP contribution in [0.4, 0.5) is 0 Å². The molecule has 0 aliphatic rings. The molecule has 2 aromatic heterocycles. The first-order valence-electron chi connectivity index (χ1n) is 8.54. The van der Waals surface area contributed by atoms with E-state index < -0.39 is 6.10 Å². The number of hydrogen-bond donors (Lipinski definition) is 1. The van der Waals surface area contributed by atoms with Gasteiger partial charge in [-0.05, 0) is 39.2 Å². The Kier molecular flexibility index (Phi) is 5.59. The fraction of sp³-hybridized carbons (Fsp3) is 0.611. The van der Waals surface area contributed by atoms with Gasteiger partial charge in [0.1, 0.15) is 0 Å². The second kappa shape index (κ2) is 7.30. The van der Waals surface area contributed by atoms with Gasteiger partial charge in [-0.25, -0.2) is 9.67 Å². The van der Waals surface area contributed by atoms with Crippen molar-refractivity contribution in [2.45, 2.75) is 59.1 Å². The smallest absolute Gasteiger partial charge is 0.254 e. The summed E-state index contributed by atoms with van der Waals surface area (Å²) >= 11 is 0. The second-order valence-electron chi connectivity index (χ2n) is 7.03. The molecular formula is C18H28N4O2. The molecule has 1 N–H and O–H groups in total. The van der Waals surface area contributed by atoms with E-state index >= 15 is 0 Å². The van der Waals surface area contributed by atoms with Crippen LogP contribution in [0.3, 0.4) is 0 Å². The van der Waals surface area contributed by atoms with Gasteiger partial charge in [0.2, 0.25) is 0 Å². The van der Waals surface area contributed by atoms with Crippen molar-refractivity contribution < 1.29 is 9.90 Å². The van der Waals surface area contributed by atoms with E-state index in [2.05, 4.69) is 18.9 Å². The zero-order chi connectivity index (χ0) is 18.0. The third kappa shape index (κ3) is 3.75. The summed E-state index contributed by atoms with van der Waals surface area (Å²) in [5.41, 5.74) is 2.27. The molecule has 0 saturated carbocycles. The molecule has 0 radical (unpaired) electrons. The summed E-state index contributed by atoms with van der Waals surface area (Å²) in [7, 11) is 1.76. The fourth-order valence-electron chi connectivity index (χ4n) is 2.58. The molecule has 132 valence electrons. The van der Waals surface area contributed by atoms with E-state index in [0.29, 0.717) is 18.5 Å². The van der Waals surface area contributed by atoms with Crippen LogP contribution in [0, 0.1) is 0 Å². The topological polar surface area (TPSA) is 71.2 Å². The Balaban J connectivity index is 2.50. The van der Waals surface area contributed by atoms with Crippen molar-refractivity contribution in [1.82, 2.24) is 19.7 Å². The van der Waals surface area contributed by atoms with Crippen LogP contribution in [0.1, 0.15) is 69.1 Å². The molecular weight excluding hydrogens is 304 g/mol. The molecule has 0 bridgehead atoms. The molecule has 2 heterocycles. The number of pyridine rings is 1. The van der Waals surface area contributed by atoms with Gasteiger partial charge in [-0.1, -0.05) is 13.8 Å². The molecule has 1 amide bonds. The van der Waals surface area contributed by atoms with Crippen LogP contribution in [0.15, 0.2) is 12.3 Å². The monoisotopic (exact) mass is 332 g/mol. The lowest BCUT2D eigenvalue weighted by molar-refractivity contribution is 0.0770. The van der Waals surface area contributed by atoms with Crippen molar-refractivity contribution in [1.29, 1.82) is 0 Å². The summed E-state index contributed by atoms with van der Waals surface area (Å²) in [6, 6.07) is 2.05. The quantitative estimate of drug-likeness (QED) is 0.883. The average Bonchev–Trinajstić information content (AvgIpc) is 2.94. The van der Waals surface area contributed by atoms with Gasteiger partial charge >= 0.3 is 0 Å². The Morgan fingerprint density at radius 1 is 1.29 bits per heavy atom. The van der Waals surface area contributed by atoms with Gasteiger partial charge in [0.05, 0.1) is 23.3 Å². The molecule has 2 aromatic rings. The van der Waals surface area contributed by atoms with Crippen molar-refractivity contribution in [2.75, 3.05) is 13.6 Å². The first-order valence-corrected chi connectivity index (χ1v) is 8.54. The molecule has 6 nitrogen and oxygen atoms in total. The molecule has 1 atom stereocenters. The molecule has 0 aliphatic carbocycles. The molecule has 6 heteroatoms. The largest absolute Gasteiger partial charge is 0.393 e. The number of hydrogen-bond acceptors (Lipinski definition) is 4. The van der Waals surface area contributed by atoms with Crippen LogP contribution in [-0.2, 0) is 0 Å². The van der Waals surface area contributed by atoms with Crippen molar-refractivity contribution in [3.8, 4) is 0 Å². The summed E-state index contributed by atoms with van der Waals surface area (Å²) in [4.78, 5) is 19.3. The van der Waals surface area contributed by atoms with Gasteiger partial charge in [0.15, 0.2) is 5.65 Å². The molecule has 24 heavy (non-hydrogen) atoms. The minimum absolute atomic E-state index is 0.0618. The molecule has 2 rings (SSSR count). The predicted octanol–water partition coefficient (Wildman–Crippen LogP) is 2.98. The van der Waals surface area contributed by atoms with E-state index in [1.54, 1.807) is 25.1 Å². The van der Waals surface area contributed by atoms with E-state index in [4.69, 9.17) is 4.98 Å². The van der Waals surface area contributed by atoms with E-state index in [1.165, 1.54) is 0 Å². The van der Waals surface area contributed by atoms with E-state index in [-0.39, 0.29) is 17.9 Å². The highest BCUT2D eigenvalue weighted by atomic mass is 16.3. The van der Waals surface area contributed by atoms with Crippen LogP contribution in [0.5, 0.6) is 0 Å². The standard InChI is InChI=1S/C18H28N4O2/c1-11(2)16-9-14(18(24)21(6)8-7-13(5)23)15-10-19-22(12(3)4)17(15)20-16/h9-13,23H,7-8H2,1-6H3. The number of aliphatic hydroxyl groups is 1. The normalized spacial score (nSPS) is 13.0. The number of fused-ring (bicyclic) bond motifs is 1.